The molecular formula is C32H44N4O10S. The van der Waals surface area contributed by atoms with Gasteiger partial charge in [0.15, 0.2) is 17.8 Å². The summed E-state index contributed by atoms with van der Waals surface area (Å²) in [6.07, 6.45) is -1.72. The number of alkyl carbamates (subject to hydrolysis) is 1. The van der Waals surface area contributed by atoms with Crippen LogP contribution in [0.5, 0.6) is 11.5 Å². The maximum Gasteiger partial charge on any atom is 0.407 e. The molecule has 2 fully saturated rings. The molecule has 3 aliphatic heterocycles. The van der Waals surface area contributed by atoms with Crippen LogP contribution in [0.25, 0.3) is 0 Å². The standard InChI is InChI=1S/C32H44N4O10S/c1-21(37)36(33)13-12-32(2,3)19-35(47(40,41)23-9-10-27-28(16-23)45-20-44-27)17-26(38)25(15-22-7-5-4-6-8-22)34-31(39)46-29-18-43-30-24(29)11-14-42-30/h4-10,16,24-26,29-30,38H,11-15,17-20,33H2,1-3H3,(H,34,39)/t24-,25-,26+,29-,30+/m0/s1. The number of nitrogens with two attached hydrogens (primary N) is 1. The predicted octanol–water partition coefficient (Wildman–Crippen LogP) is 2.00. The third-order valence-corrected chi connectivity index (χ3v) is 10.5. The summed E-state index contributed by atoms with van der Waals surface area (Å²) >= 11 is 0. The number of aliphatic hydroxyl groups excluding tert-OH is 1. The molecule has 0 aliphatic carbocycles. The lowest BCUT2D eigenvalue weighted by Gasteiger charge is -2.35. The Kier molecular flexibility index (Phi) is 10.9. The fraction of sp³-hybridized carbons (Fsp3) is 0.562. The van der Waals surface area contributed by atoms with Crippen molar-refractivity contribution < 1.29 is 46.8 Å². The zero-order valence-electron chi connectivity index (χ0n) is 26.9. The Morgan fingerprint density at radius 3 is 2.62 bits per heavy atom. The van der Waals surface area contributed by atoms with Crippen LogP contribution >= 0.6 is 0 Å². The average Bonchev–Trinajstić information content (AvgIpc) is 3.78. The summed E-state index contributed by atoms with van der Waals surface area (Å²) in [5.41, 5.74) is 0.142. The van der Waals surface area contributed by atoms with Gasteiger partial charge in [-0.1, -0.05) is 44.2 Å². The molecule has 0 unspecified atom stereocenters. The molecule has 0 radical (unpaired) electrons. The van der Waals surface area contributed by atoms with E-state index in [1.807, 2.05) is 44.2 Å². The summed E-state index contributed by atoms with van der Waals surface area (Å²) in [5.74, 6) is 6.16. The number of nitrogens with one attached hydrogen (secondary N) is 1. The van der Waals surface area contributed by atoms with Crippen molar-refractivity contribution in [2.24, 2.45) is 17.2 Å². The van der Waals surface area contributed by atoms with Crippen LogP contribution in [0.3, 0.4) is 0 Å². The van der Waals surface area contributed by atoms with Gasteiger partial charge in [0.05, 0.1) is 36.2 Å². The number of amides is 2. The molecule has 0 spiro atoms. The van der Waals surface area contributed by atoms with Crippen LogP contribution in [-0.2, 0) is 35.4 Å². The van der Waals surface area contributed by atoms with E-state index in [4.69, 9.17) is 29.5 Å². The first kappa shape index (κ1) is 34.9. The molecule has 5 rings (SSSR count). The lowest BCUT2D eigenvalue weighted by atomic mass is 9.89. The zero-order chi connectivity index (χ0) is 33.8. The number of aliphatic hydroxyl groups is 1. The molecule has 3 aliphatic rings. The molecule has 2 saturated heterocycles. The molecule has 2 aromatic carbocycles. The molecule has 14 nitrogen and oxygen atoms in total. The number of carbonyl (C=O) groups excluding carboxylic acids is 2. The summed E-state index contributed by atoms with van der Waals surface area (Å²) in [5, 5.41) is 15.6. The SMILES string of the molecule is CC(=O)N(N)CCC(C)(C)CN(C[C@@H](O)[C@H](Cc1ccccc1)NC(=O)O[C@H]1CO[C@H]2OCC[C@H]21)S(=O)(=O)c1ccc2c(c1)OCO2. The Hall–Kier alpha value is -3.47. The molecule has 5 atom stereocenters. The van der Waals surface area contributed by atoms with Crippen LogP contribution in [0.2, 0.25) is 0 Å². The number of hydrogen-bond acceptors (Lipinski definition) is 11. The summed E-state index contributed by atoms with van der Waals surface area (Å²) < 4.78 is 57.3. The van der Waals surface area contributed by atoms with Crippen LogP contribution in [0, 0.1) is 11.3 Å². The van der Waals surface area contributed by atoms with E-state index in [1.165, 1.54) is 29.4 Å². The van der Waals surface area contributed by atoms with Crippen LogP contribution in [-0.4, -0.2) is 99.0 Å². The van der Waals surface area contributed by atoms with Crippen molar-refractivity contribution in [3.8, 4) is 11.5 Å². The molecule has 15 heteroatoms. The topological polar surface area (TPSA) is 179 Å². The first-order valence-electron chi connectivity index (χ1n) is 15.7. The molecule has 0 bridgehead atoms. The molecule has 2 amide bonds. The second-order valence-electron chi connectivity index (χ2n) is 12.9. The van der Waals surface area contributed by atoms with Gasteiger partial charge in [-0.25, -0.2) is 19.1 Å². The fourth-order valence-electron chi connectivity index (χ4n) is 5.93. The highest BCUT2D eigenvalue weighted by atomic mass is 32.2. The molecule has 2 aromatic rings. The number of nitrogens with zero attached hydrogens (tertiary/aromatic N) is 2. The van der Waals surface area contributed by atoms with Crippen molar-refractivity contribution in [3.63, 3.8) is 0 Å². The van der Waals surface area contributed by atoms with Gasteiger partial charge < -0.3 is 34.1 Å². The number of fused-ring (bicyclic) bond motifs is 2. The van der Waals surface area contributed by atoms with Crippen LogP contribution in [0.1, 0.15) is 39.2 Å². The van der Waals surface area contributed by atoms with E-state index in [1.54, 1.807) is 0 Å². The molecule has 47 heavy (non-hydrogen) atoms. The average molecular weight is 677 g/mol. The van der Waals surface area contributed by atoms with E-state index in [0.29, 0.717) is 30.9 Å². The summed E-state index contributed by atoms with van der Waals surface area (Å²) in [4.78, 5) is 24.9. The minimum absolute atomic E-state index is 0.0234. The minimum atomic E-state index is -4.22. The van der Waals surface area contributed by atoms with Crippen LogP contribution in [0.15, 0.2) is 53.4 Å². The largest absolute Gasteiger partial charge is 0.454 e. The van der Waals surface area contributed by atoms with Gasteiger partial charge in [-0.15, -0.1) is 0 Å². The highest BCUT2D eigenvalue weighted by Gasteiger charge is 2.44. The number of ether oxygens (including phenoxy) is 5. The number of rotatable bonds is 14. The van der Waals surface area contributed by atoms with E-state index >= 15 is 0 Å². The first-order chi connectivity index (χ1) is 22.3. The van der Waals surface area contributed by atoms with Gasteiger partial charge in [0.25, 0.3) is 0 Å². The number of benzene rings is 2. The zero-order valence-corrected chi connectivity index (χ0v) is 27.7. The van der Waals surface area contributed by atoms with Gasteiger partial charge in [-0.05, 0) is 42.4 Å². The van der Waals surface area contributed by atoms with Gasteiger partial charge in [0.2, 0.25) is 22.7 Å². The Balaban J connectivity index is 1.38. The number of carbonyl (C=O) groups is 2. The highest BCUT2D eigenvalue weighted by Crippen LogP contribution is 2.36. The summed E-state index contributed by atoms with van der Waals surface area (Å²) in [6.45, 7) is 5.58. The normalized spacial score (nSPS) is 21.7. The monoisotopic (exact) mass is 676 g/mol. The predicted molar refractivity (Wildman–Crippen MR) is 168 cm³/mol. The summed E-state index contributed by atoms with van der Waals surface area (Å²) in [6, 6.07) is 12.7. The van der Waals surface area contributed by atoms with Gasteiger partial charge >= 0.3 is 6.09 Å². The van der Waals surface area contributed by atoms with E-state index in [0.717, 1.165) is 10.6 Å². The van der Waals surface area contributed by atoms with Gasteiger partial charge in [0, 0.05) is 32.6 Å². The van der Waals surface area contributed by atoms with Crippen molar-refractivity contribution in [1.29, 1.82) is 0 Å². The highest BCUT2D eigenvalue weighted by molar-refractivity contribution is 7.89. The Bertz CT molecular complexity index is 1510. The van der Waals surface area contributed by atoms with Crippen LogP contribution in [0.4, 0.5) is 4.79 Å². The van der Waals surface area contributed by atoms with Crippen molar-refractivity contribution in [3.05, 3.63) is 54.1 Å². The van der Waals surface area contributed by atoms with Gasteiger partial charge in [-0.2, -0.15) is 4.31 Å². The van der Waals surface area contributed by atoms with Gasteiger partial charge in [-0.3, -0.25) is 9.80 Å². The molecular weight excluding hydrogens is 632 g/mol. The number of hydrogen-bond donors (Lipinski definition) is 3. The number of sulfonamides is 1. The second kappa shape index (κ2) is 14.7. The van der Waals surface area contributed by atoms with Crippen molar-refractivity contribution >= 4 is 22.0 Å². The molecule has 0 aromatic heterocycles. The minimum Gasteiger partial charge on any atom is -0.454 e. The molecule has 3 heterocycles. The summed E-state index contributed by atoms with van der Waals surface area (Å²) in [7, 11) is -4.22. The third-order valence-electron chi connectivity index (χ3n) is 8.72. The molecule has 0 saturated carbocycles. The maximum absolute atomic E-state index is 14.2. The Morgan fingerprint density at radius 1 is 1.13 bits per heavy atom. The lowest BCUT2D eigenvalue weighted by Crippen LogP contribution is -2.52. The molecule has 258 valence electrons. The van der Waals surface area contributed by atoms with Crippen molar-refractivity contribution in [2.75, 3.05) is 39.6 Å². The van der Waals surface area contributed by atoms with Crippen LogP contribution < -0.4 is 20.6 Å². The quantitative estimate of drug-likeness (QED) is 0.151. The van der Waals surface area contributed by atoms with Crippen molar-refractivity contribution in [2.45, 2.75) is 69.5 Å². The van der Waals surface area contributed by atoms with E-state index in [9.17, 15) is 23.1 Å². The van der Waals surface area contributed by atoms with E-state index < -0.39 is 46.1 Å². The smallest absolute Gasteiger partial charge is 0.407 e. The number of hydrazine groups is 1. The Morgan fingerprint density at radius 2 is 1.87 bits per heavy atom. The van der Waals surface area contributed by atoms with E-state index in [-0.39, 0.29) is 56.2 Å². The first-order valence-corrected chi connectivity index (χ1v) is 17.1. The van der Waals surface area contributed by atoms with Crippen molar-refractivity contribution in [1.82, 2.24) is 14.6 Å². The maximum atomic E-state index is 14.2. The molecule has 4 N–H and O–H groups in total. The van der Waals surface area contributed by atoms with Gasteiger partial charge in [0.1, 0.15) is 6.10 Å². The lowest BCUT2D eigenvalue weighted by molar-refractivity contribution is -0.129. The van der Waals surface area contributed by atoms with E-state index in [2.05, 4.69) is 5.32 Å². The third kappa shape index (κ3) is 8.72. The second-order valence-corrected chi connectivity index (χ2v) is 14.9. The Labute approximate surface area is 275 Å². The fourth-order valence-corrected chi connectivity index (χ4v) is 7.59.